The molecular weight excluding hydrogens is 159 g/mol. The molecule has 1 saturated carbocycles. The molecule has 0 heterocycles. The van der Waals surface area contributed by atoms with Crippen LogP contribution in [0.1, 0.15) is 12.8 Å². The molecule has 11 heavy (non-hydrogen) atoms. The number of hydrogen-bond donors (Lipinski definition) is 0. The predicted octanol–water partition coefficient (Wildman–Crippen LogP) is 0.0575. The van der Waals surface area contributed by atoms with Gasteiger partial charge in [-0.15, -0.1) is 0 Å². The van der Waals surface area contributed by atoms with Gasteiger partial charge in [-0.2, -0.15) is 0 Å². The van der Waals surface area contributed by atoms with E-state index in [1.807, 2.05) is 0 Å². The molecule has 0 aromatic rings. The van der Waals surface area contributed by atoms with E-state index in [2.05, 4.69) is 9.47 Å². The van der Waals surface area contributed by atoms with E-state index in [4.69, 9.17) is 0 Å². The second kappa shape index (κ2) is 4.74. The van der Waals surface area contributed by atoms with Gasteiger partial charge in [0, 0.05) is 0 Å². The van der Waals surface area contributed by atoms with Gasteiger partial charge in [0.05, 0.1) is 13.0 Å². The van der Waals surface area contributed by atoms with Crippen LogP contribution in [-0.2, 0) is 14.3 Å². The average molecular weight is 168 g/mol. The SMILES string of the molecule is COC(=O)OC(=O)C1CC1.[NaH]. The molecule has 1 aliphatic rings. The fraction of sp³-hybridized carbons (Fsp3) is 0.667. The third kappa shape index (κ3) is 3.74. The van der Waals surface area contributed by atoms with Crippen LogP contribution in [-0.4, -0.2) is 48.8 Å². The van der Waals surface area contributed by atoms with Gasteiger partial charge < -0.3 is 9.47 Å². The molecule has 0 radical (unpaired) electrons. The summed E-state index contributed by atoms with van der Waals surface area (Å²) < 4.78 is 8.34. The first-order valence-corrected chi connectivity index (χ1v) is 3.03. The Hall–Kier alpha value is -0.0600. The van der Waals surface area contributed by atoms with Gasteiger partial charge in [0.1, 0.15) is 0 Å². The van der Waals surface area contributed by atoms with E-state index in [0.717, 1.165) is 12.8 Å². The van der Waals surface area contributed by atoms with Crippen molar-refractivity contribution in [3.63, 3.8) is 0 Å². The van der Waals surface area contributed by atoms with Crippen molar-refractivity contribution in [1.29, 1.82) is 0 Å². The number of hydrogen-bond acceptors (Lipinski definition) is 4. The first-order chi connectivity index (χ1) is 4.74. The van der Waals surface area contributed by atoms with Crippen LogP contribution in [0.5, 0.6) is 0 Å². The van der Waals surface area contributed by atoms with E-state index >= 15 is 0 Å². The quantitative estimate of drug-likeness (QED) is 0.315. The zero-order valence-electron chi connectivity index (χ0n) is 5.62. The second-order valence-corrected chi connectivity index (χ2v) is 2.15. The number of ether oxygens (including phenoxy) is 2. The van der Waals surface area contributed by atoms with Crippen molar-refractivity contribution in [3.05, 3.63) is 0 Å². The van der Waals surface area contributed by atoms with E-state index in [1.54, 1.807) is 0 Å². The van der Waals surface area contributed by atoms with Gasteiger partial charge in [-0.1, -0.05) is 0 Å². The summed E-state index contributed by atoms with van der Waals surface area (Å²) in [4.78, 5) is 20.9. The van der Waals surface area contributed by atoms with E-state index in [9.17, 15) is 9.59 Å². The maximum atomic E-state index is 10.7. The molecule has 0 N–H and O–H groups in total. The van der Waals surface area contributed by atoms with E-state index in [1.165, 1.54) is 7.11 Å². The Labute approximate surface area is 86.5 Å². The molecule has 0 spiro atoms. The minimum atomic E-state index is -0.920. The molecule has 0 unspecified atom stereocenters. The zero-order chi connectivity index (χ0) is 7.56. The molecule has 0 aliphatic heterocycles. The number of methoxy groups -OCH3 is 1. The number of carbonyl (C=O) groups excluding carboxylic acids is 2. The van der Waals surface area contributed by atoms with E-state index < -0.39 is 12.1 Å². The van der Waals surface area contributed by atoms with Crippen molar-refractivity contribution in [3.8, 4) is 0 Å². The summed E-state index contributed by atoms with van der Waals surface area (Å²) in [5.74, 6) is -0.522. The van der Waals surface area contributed by atoms with Crippen molar-refractivity contribution in [2.75, 3.05) is 7.11 Å². The Morgan fingerprint density at radius 2 is 1.91 bits per heavy atom. The molecule has 0 amide bonds. The Morgan fingerprint density at radius 3 is 2.27 bits per heavy atom. The summed E-state index contributed by atoms with van der Waals surface area (Å²) in [5.41, 5.74) is 0. The van der Waals surface area contributed by atoms with Gasteiger partial charge in [0.15, 0.2) is 0 Å². The summed E-state index contributed by atoms with van der Waals surface area (Å²) in [6.07, 6.45) is 0.739. The van der Waals surface area contributed by atoms with Crippen LogP contribution >= 0.6 is 0 Å². The zero-order valence-corrected chi connectivity index (χ0v) is 5.62. The van der Waals surface area contributed by atoms with Crippen LogP contribution in [0.15, 0.2) is 0 Å². The third-order valence-electron chi connectivity index (χ3n) is 1.26. The monoisotopic (exact) mass is 168 g/mol. The number of esters is 1. The topological polar surface area (TPSA) is 52.6 Å². The van der Waals surface area contributed by atoms with Crippen LogP contribution in [0.25, 0.3) is 0 Å². The summed E-state index contributed by atoms with van der Waals surface area (Å²) in [5, 5.41) is 0. The molecule has 1 fully saturated rings. The maximum absolute atomic E-state index is 10.7. The molecule has 0 bridgehead atoms. The van der Waals surface area contributed by atoms with Gasteiger partial charge >= 0.3 is 41.7 Å². The molecule has 1 aliphatic carbocycles. The average Bonchev–Trinajstić information content (AvgIpc) is 2.68. The molecule has 0 aromatic carbocycles. The van der Waals surface area contributed by atoms with Gasteiger partial charge in [-0.05, 0) is 12.8 Å². The van der Waals surface area contributed by atoms with Crippen molar-refractivity contribution in [2.24, 2.45) is 5.92 Å². The molecule has 0 aromatic heterocycles. The Kier molecular flexibility index (Phi) is 4.72. The van der Waals surface area contributed by atoms with Crippen molar-refractivity contribution in [1.82, 2.24) is 0 Å². The van der Waals surface area contributed by atoms with Crippen LogP contribution in [0, 0.1) is 5.92 Å². The summed E-state index contributed by atoms with van der Waals surface area (Å²) in [6, 6.07) is 0. The van der Waals surface area contributed by atoms with Crippen LogP contribution < -0.4 is 0 Å². The fourth-order valence-corrected chi connectivity index (χ4v) is 0.526. The third-order valence-corrected chi connectivity index (χ3v) is 1.26. The first-order valence-electron chi connectivity index (χ1n) is 3.03. The number of rotatable bonds is 1. The Morgan fingerprint density at radius 1 is 1.36 bits per heavy atom. The van der Waals surface area contributed by atoms with Crippen molar-refractivity contribution in [2.45, 2.75) is 12.8 Å². The molecular formula is C6H9NaO4. The van der Waals surface area contributed by atoms with Gasteiger partial charge in [-0.25, -0.2) is 4.79 Å². The van der Waals surface area contributed by atoms with Gasteiger partial charge in [-0.3, -0.25) is 4.79 Å². The predicted molar refractivity (Wildman–Crippen MR) is 38.4 cm³/mol. The van der Waals surface area contributed by atoms with E-state index in [0.29, 0.717) is 0 Å². The molecule has 5 heteroatoms. The molecule has 0 saturated heterocycles. The molecule has 4 nitrogen and oxygen atoms in total. The summed E-state index contributed by atoms with van der Waals surface area (Å²) in [7, 11) is 1.17. The number of carbonyl (C=O) groups is 2. The van der Waals surface area contributed by atoms with Gasteiger partial charge in [0.25, 0.3) is 0 Å². The van der Waals surface area contributed by atoms with Crippen LogP contribution in [0.4, 0.5) is 4.79 Å². The first kappa shape index (κ1) is 10.9. The summed E-state index contributed by atoms with van der Waals surface area (Å²) in [6.45, 7) is 0. The fourth-order valence-electron chi connectivity index (χ4n) is 0.526. The minimum absolute atomic E-state index is 0. The van der Waals surface area contributed by atoms with Crippen molar-refractivity contribution < 1.29 is 19.1 Å². The summed E-state index contributed by atoms with van der Waals surface area (Å²) >= 11 is 0. The van der Waals surface area contributed by atoms with Gasteiger partial charge in [0.2, 0.25) is 0 Å². The molecule has 0 atom stereocenters. The standard InChI is InChI=1S/C6H8O4.Na.H/c1-9-6(8)10-5(7)4-2-3-4;;/h4H,2-3H2,1H3;;. The van der Waals surface area contributed by atoms with Crippen LogP contribution in [0.2, 0.25) is 0 Å². The molecule has 58 valence electrons. The van der Waals surface area contributed by atoms with Crippen LogP contribution in [0.3, 0.4) is 0 Å². The normalized spacial score (nSPS) is 14.6. The van der Waals surface area contributed by atoms with E-state index in [-0.39, 0.29) is 35.5 Å². The Balaban J connectivity index is 0.000001000. The van der Waals surface area contributed by atoms with Crippen molar-refractivity contribution >= 4 is 41.7 Å². The second-order valence-electron chi connectivity index (χ2n) is 2.15. The molecule has 1 rings (SSSR count). The Bertz CT molecular complexity index is 164.